The van der Waals surface area contributed by atoms with E-state index in [0.29, 0.717) is 11.4 Å². The molecular formula is C22H24N2O2S. The number of carbonyl (C=O) groups excluding carboxylic acids is 1. The van der Waals surface area contributed by atoms with Crippen LogP contribution < -0.4 is 15.4 Å². The van der Waals surface area contributed by atoms with Gasteiger partial charge in [-0.1, -0.05) is 42.5 Å². The summed E-state index contributed by atoms with van der Waals surface area (Å²) in [4.78, 5) is 14.4. The predicted octanol–water partition coefficient (Wildman–Crippen LogP) is 5.10. The molecule has 3 rings (SSSR count). The van der Waals surface area contributed by atoms with E-state index in [-0.39, 0.29) is 11.9 Å². The fourth-order valence-electron chi connectivity index (χ4n) is 2.96. The summed E-state index contributed by atoms with van der Waals surface area (Å²) >= 11 is 1.68. The minimum atomic E-state index is -0.478. The molecule has 140 valence electrons. The van der Waals surface area contributed by atoms with Crippen molar-refractivity contribution in [2.45, 2.75) is 25.9 Å². The number of benzene rings is 2. The maximum Gasteiger partial charge on any atom is 0.246 e. The fourth-order valence-corrected chi connectivity index (χ4v) is 3.71. The van der Waals surface area contributed by atoms with Gasteiger partial charge in [-0.3, -0.25) is 10.1 Å². The zero-order valence-electron chi connectivity index (χ0n) is 15.7. The van der Waals surface area contributed by atoms with Crippen molar-refractivity contribution in [2.24, 2.45) is 0 Å². The van der Waals surface area contributed by atoms with E-state index in [1.807, 2.05) is 66.9 Å². The zero-order chi connectivity index (χ0) is 19.2. The predicted molar refractivity (Wildman–Crippen MR) is 111 cm³/mol. The van der Waals surface area contributed by atoms with Gasteiger partial charge in [0.2, 0.25) is 5.91 Å². The second kappa shape index (κ2) is 8.84. The molecule has 5 heteroatoms. The van der Waals surface area contributed by atoms with Crippen molar-refractivity contribution in [3.05, 3.63) is 82.0 Å². The summed E-state index contributed by atoms with van der Waals surface area (Å²) in [5.41, 5.74) is 2.65. The minimum absolute atomic E-state index is 0.0559. The first kappa shape index (κ1) is 19.1. The van der Waals surface area contributed by atoms with Crippen LogP contribution in [0.4, 0.5) is 5.69 Å². The number of ether oxygens (including phenoxy) is 1. The molecule has 27 heavy (non-hydrogen) atoms. The normalized spacial score (nSPS) is 13.0. The third-order valence-electron chi connectivity index (χ3n) is 4.39. The van der Waals surface area contributed by atoms with Crippen LogP contribution in [0.5, 0.6) is 5.75 Å². The van der Waals surface area contributed by atoms with Crippen molar-refractivity contribution >= 4 is 22.9 Å². The molecular weight excluding hydrogens is 356 g/mol. The number of amides is 1. The molecule has 0 saturated heterocycles. The Labute approximate surface area is 164 Å². The fraction of sp³-hybridized carbons (Fsp3) is 0.227. The summed E-state index contributed by atoms with van der Waals surface area (Å²) in [7, 11) is 1.60. The Balaban J connectivity index is 1.86. The summed E-state index contributed by atoms with van der Waals surface area (Å²) in [6.45, 7) is 4.06. The largest absolute Gasteiger partial charge is 0.495 e. The Morgan fingerprint density at radius 2 is 1.85 bits per heavy atom. The van der Waals surface area contributed by atoms with Crippen molar-refractivity contribution in [3.63, 3.8) is 0 Å². The van der Waals surface area contributed by atoms with Gasteiger partial charge in [-0.15, -0.1) is 11.3 Å². The molecule has 0 radical (unpaired) electrons. The molecule has 0 aliphatic rings. The van der Waals surface area contributed by atoms with Crippen molar-refractivity contribution in [1.29, 1.82) is 0 Å². The monoisotopic (exact) mass is 380 g/mol. The standard InChI is InChI=1S/C22H24N2O2S/c1-15-11-12-19(26-3)18(14-15)24-22(25)21(17-8-5-4-6-9-17)23-16(2)20-10-7-13-27-20/h4-14,16,21,23H,1-3H3,(H,24,25)/t16-,21-/m0/s1. The van der Waals surface area contributed by atoms with Crippen molar-refractivity contribution in [2.75, 3.05) is 12.4 Å². The number of nitrogens with one attached hydrogen (secondary N) is 2. The van der Waals surface area contributed by atoms with E-state index >= 15 is 0 Å². The van der Waals surface area contributed by atoms with Crippen LogP contribution in [0.15, 0.2) is 66.0 Å². The van der Waals surface area contributed by atoms with E-state index < -0.39 is 6.04 Å². The Bertz CT molecular complexity index is 879. The SMILES string of the molecule is COc1ccc(C)cc1NC(=O)[C@@H](N[C@@H](C)c1cccs1)c1ccccc1. The molecule has 0 spiro atoms. The molecule has 0 aliphatic heterocycles. The number of carbonyl (C=O) groups is 1. The molecule has 3 aromatic rings. The molecule has 2 N–H and O–H groups in total. The number of anilines is 1. The summed E-state index contributed by atoms with van der Waals surface area (Å²) in [6.07, 6.45) is 0. The van der Waals surface area contributed by atoms with E-state index in [0.717, 1.165) is 11.1 Å². The lowest BCUT2D eigenvalue weighted by molar-refractivity contribution is -0.118. The molecule has 1 aromatic heterocycles. The number of hydrogen-bond donors (Lipinski definition) is 2. The Hall–Kier alpha value is -2.63. The van der Waals surface area contributed by atoms with Crippen LogP contribution in [0.1, 0.15) is 35.0 Å². The maximum absolute atomic E-state index is 13.2. The quantitative estimate of drug-likeness (QED) is 0.600. The van der Waals surface area contributed by atoms with Gasteiger partial charge in [-0.05, 0) is 48.6 Å². The number of hydrogen-bond acceptors (Lipinski definition) is 4. The van der Waals surface area contributed by atoms with Gasteiger partial charge >= 0.3 is 0 Å². The number of thiophene rings is 1. The number of rotatable bonds is 7. The number of aryl methyl sites for hydroxylation is 1. The molecule has 1 heterocycles. The second-order valence-corrected chi connectivity index (χ2v) is 7.42. The first-order valence-corrected chi connectivity index (χ1v) is 9.76. The second-order valence-electron chi connectivity index (χ2n) is 6.44. The van der Waals surface area contributed by atoms with Crippen LogP contribution in [0.3, 0.4) is 0 Å². The van der Waals surface area contributed by atoms with Gasteiger partial charge < -0.3 is 10.1 Å². The molecule has 1 amide bonds. The third kappa shape index (κ3) is 4.76. The smallest absolute Gasteiger partial charge is 0.246 e. The van der Waals surface area contributed by atoms with E-state index in [1.54, 1.807) is 18.4 Å². The Morgan fingerprint density at radius 3 is 2.52 bits per heavy atom. The first-order valence-electron chi connectivity index (χ1n) is 8.88. The highest BCUT2D eigenvalue weighted by molar-refractivity contribution is 7.10. The summed E-state index contributed by atoms with van der Waals surface area (Å²) < 4.78 is 5.39. The summed E-state index contributed by atoms with van der Waals surface area (Å²) in [6, 6.07) is 19.2. The Morgan fingerprint density at radius 1 is 1.07 bits per heavy atom. The lowest BCUT2D eigenvalue weighted by Gasteiger charge is -2.23. The van der Waals surface area contributed by atoms with E-state index in [4.69, 9.17) is 4.74 Å². The lowest BCUT2D eigenvalue weighted by atomic mass is 10.0. The topological polar surface area (TPSA) is 50.4 Å². The van der Waals surface area contributed by atoms with Crippen LogP contribution >= 0.6 is 11.3 Å². The van der Waals surface area contributed by atoms with Gasteiger partial charge in [0.05, 0.1) is 12.8 Å². The van der Waals surface area contributed by atoms with Crippen LogP contribution in [-0.4, -0.2) is 13.0 Å². The zero-order valence-corrected chi connectivity index (χ0v) is 16.5. The molecule has 2 aromatic carbocycles. The van der Waals surface area contributed by atoms with Crippen LogP contribution in [0.25, 0.3) is 0 Å². The highest BCUT2D eigenvalue weighted by Gasteiger charge is 2.24. The highest BCUT2D eigenvalue weighted by Crippen LogP contribution is 2.28. The van der Waals surface area contributed by atoms with Gasteiger partial charge in [-0.2, -0.15) is 0 Å². The average Bonchev–Trinajstić information content (AvgIpc) is 3.21. The van der Waals surface area contributed by atoms with Gasteiger partial charge in [0, 0.05) is 10.9 Å². The third-order valence-corrected chi connectivity index (χ3v) is 5.45. The molecule has 0 saturated carbocycles. The van der Waals surface area contributed by atoms with Gasteiger partial charge in [0.25, 0.3) is 0 Å². The van der Waals surface area contributed by atoms with Crippen LogP contribution in [0, 0.1) is 6.92 Å². The average molecular weight is 381 g/mol. The highest BCUT2D eigenvalue weighted by atomic mass is 32.1. The maximum atomic E-state index is 13.2. The molecule has 4 nitrogen and oxygen atoms in total. The van der Waals surface area contributed by atoms with Crippen molar-refractivity contribution in [1.82, 2.24) is 5.32 Å². The minimum Gasteiger partial charge on any atom is -0.495 e. The van der Waals surface area contributed by atoms with Crippen LogP contribution in [0.2, 0.25) is 0 Å². The molecule has 2 atom stereocenters. The van der Waals surface area contributed by atoms with E-state index in [1.165, 1.54) is 4.88 Å². The molecule has 0 fully saturated rings. The number of methoxy groups -OCH3 is 1. The van der Waals surface area contributed by atoms with E-state index in [9.17, 15) is 4.79 Å². The summed E-state index contributed by atoms with van der Waals surface area (Å²) in [5, 5.41) is 8.54. The molecule has 0 bridgehead atoms. The molecule has 0 aliphatic carbocycles. The van der Waals surface area contributed by atoms with Gasteiger partial charge in [0.15, 0.2) is 0 Å². The lowest BCUT2D eigenvalue weighted by Crippen LogP contribution is -2.34. The van der Waals surface area contributed by atoms with Gasteiger partial charge in [-0.25, -0.2) is 0 Å². The van der Waals surface area contributed by atoms with Gasteiger partial charge in [0.1, 0.15) is 11.8 Å². The first-order chi connectivity index (χ1) is 13.1. The van der Waals surface area contributed by atoms with Crippen molar-refractivity contribution < 1.29 is 9.53 Å². The van der Waals surface area contributed by atoms with Crippen LogP contribution in [-0.2, 0) is 4.79 Å². The van der Waals surface area contributed by atoms with Crippen molar-refractivity contribution in [3.8, 4) is 5.75 Å². The Kier molecular flexibility index (Phi) is 6.27. The summed E-state index contributed by atoms with van der Waals surface area (Å²) in [5.74, 6) is 0.528. The molecule has 0 unspecified atom stereocenters. The van der Waals surface area contributed by atoms with E-state index in [2.05, 4.69) is 23.6 Å².